The van der Waals surface area contributed by atoms with Gasteiger partial charge in [0.1, 0.15) is 4.91 Å². The highest BCUT2D eigenvalue weighted by Crippen LogP contribution is 2.08. The highest BCUT2D eigenvalue weighted by atomic mass is 16.9. The fourth-order valence-electron chi connectivity index (χ4n) is 0.773. The Morgan fingerprint density at radius 3 is 2.35 bits per heavy atom. The van der Waals surface area contributed by atoms with E-state index in [0.29, 0.717) is 6.41 Å². The second kappa shape index (κ2) is 8.47. The van der Waals surface area contributed by atoms with Crippen LogP contribution in [0.2, 0.25) is 0 Å². The van der Waals surface area contributed by atoms with Crippen molar-refractivity contribution in [3.05, 3.63) is 35.2 Å². The number of guanidine groups is 1. The predicted octanol–water partition coefficient (Wildman–Crippen LogP) is -0.573. The minimum atomic E-state index is -1.25. The first-order valence-corrected chi connectivity index (χ1v) is 4.25. The molecule has 0 heterocycles. The molecular formula is C8H12N5O4+. The molecule has 0 aliphatic carbocycles. The fraction of sp³-hybridized carbons (Fsp3) is 0. The zero-order valence-electron chi connectivity index (χ0n) is 8.65. The SMILES string of the molecule is NC(=Nc1ccccc1)NNC=O.O=[N+](O)O. The Hall–Kier alpha value is -2.84. The van der Waals surface area contributed by atoms with E-state index in [0.717, 1.165) is 5.69 Å². The lowest BCUT2D eigenvalue weighted by Gasteiger charge is -2.01. The molecule has 0 aliphatic heterocycles. The first-order chi connectivity index (χ1) is 8.06. The Kier molecular flexibility index (Phi) is 7.05. The van der Waals surface area contributed by atoms with Crippen LogP contribution in [0.5, 0.6) is 0 Å². The zero-order chi connectivity index (χ0) is 13.1. The summed E-state index contributed by atoms with van der Waals surface area (Å²) < 4.78 is 0. The molecular weight excluding hydrogens is 230 g/mol. The summed E-state index contributed by atoms with van der Waals surface area (Å²) in [6, 6.07) is 9.18. The molecule has 1 rings (SSSR count). The minimum absolute atomic E-state index is 0.137. The molecule has 17 heavy (non-hydrogen) atoms. The summed E-state index contributed by atoms with van der Waals surface area (Å²) >= 11 is 0. The van der Waals surface area contributed by atoms with Crippen LogP contribution in [-0.2, 0) is 4.79 Å². The molecule has 1 aromatic rings. The monoisotopic (exact) mass is 242 g/mol. The molecule has 0 unspecified atom stereocenters. The average molecular weight is 242 g/mol. The normalized spacial score (nSPS) is 9.53. The third kappa shape index (κ3) is 9.46. The standard InChI is InChI=1S/C8H10N4O.H2NO3/c9-8(12-10-6-13)11-7-4-2-1-3-5-7;2-1(3)4/h1-6H,(H,10,13)(H3,9,11,12);(H2,2,3,4)/q;+1. The van der Waals surface area contributed by atoms with Crippen molar-refractivity contribution in [3.63, 3.8) is 0 Å². The molecule has 0 aromatic heterocycles. The molecule has 0 bridgehead atoms. The van der Waals surface area contributed by atoms with E-state index in [2.05, 4.69) is 15.8 Å². The number of hydrogen-bond donors (Lipinski definition) is 5. The molecule has 0 fully saturated rings. The number of nitrogens with one attached hydrogen (secondary N) is 2. The number of rotatable bonds is 3. The van der Waals surface area contributed by atoms with Crippen LogP contribution < -0.4 is 16.6 Å². The number of nitrogens with zero attached hydrogens (tertiary/aromatic N) is 2. The molecule has 0 radical (unpaired) electrons. The molecule has 0 saturated carbocycles. The van der Waals surface area contributed by atoms with Gasteiger partial charge in [0.15, 0.2) is 0 Å². The van der Waals surface area contributed by atoms with Crippen molar-refractivity contribution in [2.75, 3.05) is 0 Å². The van der Waals surface area contributed by atoms with Gasteiger partial charge < -0.3 is 5.73 Å². The Bertz CT molecular complexity index is 377. The predicted molar refractivity (Wildman–Crippen MR) is 57.3 cm³/mol. The Labute approximate surface area is 96.0 Å². The van der Waals surface area contributed by atoms with Crippen LogP contribution in [0.15, 0.2) is 35.3 Å². The van der Waals surface area contributed by atoms with E-state index in [-0.39, 0.29) is 5.96 Å². The second-order valence-electron chi connectivity index (χ2n) is 2.47. The lowest BCUT2D eigenvalue weighted by molar-refractivity contribution is -0.969. The molecule has 1 amide bonds. The first-order valence-electron chi connectivity index (χ1n) is 4.25. The molecule has 9 heteroatoms. The maximum Gasteiger partial charge on any atom is 0.472 e. The van der Waals surface area contributed by atoms with Crippen LogP contribution in [0.4, 0.5) is 5.69 Å². The molecule has 1 aromatic carbocycles. The van der Waals surface area contributed by atoms with Crippen LogP contribution in [0, 0.1) is 4.91 Å². The number of hydrazine groups is 1. The molecule has 6 N–H and O–H groups in total. The zero-order valence-corrected chi connectivity index (χ0v) is 8.65. The molecule has 0 saturated heterocycles. The summed E-state index contributed by atoms with van der Waals surface area (Å²) in [4.78, 5) is 22.3. The number of nitrogens with two attached hydrogens (primary N) is 1. The second-order valence-corrected chi connectivity index (χ2v) is 2.47. The van der Waals surface area contributed by atoms with Gasteiger partial charge in [0.2, 0.25) is 12.4 Å². The van der Waals surface area contributed by atoms with Crippen LogP contribution in [0.25, 0.3) is 0 Å². The van der Waals surface area contributed by atoms with Gasteiger partial charge in [-0.2, -0.15) is 0 Å². The lowest BCUT2D eigenvalue weighted by Crippen LogP contribution is -2.41. The third-order valence-corrected chi connectivity index (χ3v) is 1.26. The molecule has 0 atom stereocenters. The highest BCUT2D eigenvalue weighted by Gasteiger charge is 1.89. The number of amides is 1. The number of aliphatic imine (C=N–C) groups is 1. The maximum absolute atomic E-state index is 9.88. The Morgan fingerprint density at radius 1 is 1.35 bits per heavy atom. The van der Waals surface area contributed by atoms with Gasteiger partial charge in [-0.15, -0.1) is 0 Å². The van der Waals surface area contributed by atoms with E-state index in [9.17, 15) is 4.79 Å². The first kappa shape index (κ1) is 14.2. The van der Waals surface area contributed by atoms with E-state index in [4.69, 9.17) is 21.1 Å². The Balaban J connectivity index is 0.000000557. The number of carbonyl (C=O) groups is 1. The van der Waals surface area contributed by atoms with E-state index < -0.39 is 5.09 Å². The summed E-state index contributed by atoms with van der Waals surface area (Å²) in [5, 5.41) is 12.5. The summed E-state index contributed by atoms with van der Waals surface area (Å²) in [5.41, 5.74) is 10.7. The summed E-state index contributed by atoms with van der Waals surface area (Å²) in [6.07, 6.45) is 0.480. The van der Waals surface area contributed by atoms with Crippen molar-refractivity contribution in [2.45, 2.75) is 0 Å². The fourth-order valence-corrected chi connectivity index (χ4v) is 0.773. The summed E-state index contributed by atoms with van der Waals surface area (Å²) in [5.74, 6) is 0.137. The van der Waals surface area contributed by atoms with Gasteiger partial charge in [0, 0.05) is 0 Å². The maximum atomic E-state index is 9.88. The van der Waals surface area contributed by atoms with Gasteiger partial charge in [0.05, 0.1) is 5.69 Å². The number of carbonyl (C=O) groups excluding carboxylic acids is 1. The van der Waals surface area contributed by atoms with Gasteiger partial charge in [0.25, 0.3) is 0 Å². The largest absolute Gasteiger partial charge is 0.472 e. The van der Waals surface area contributed by atoms with Crippen molar-refractivity contribution in [1.82, 2.24) is 10.9 Å². The van der Waals surface area contributed by atoms with Gasteiger partial charge >= 0.3 is 5.09 Å². The van der Waals surface area contributed by atoms with Gasteiger partial charge in [-0.05, 0) is 12.1 Å². The van der Waals surface area contributed by atoms with Crippen molar-refractivity contribution >= 4 is 18.1 Å². The van der Waals surface area contributed by atoms with Crippen LogP contribution in [0.1, 0.15) is 0 Å². The van der Waals surface area contributed by atoms with Crippen LogP contribution in [0.3, 0.4) is 0 Å². The van der Waals surface area contributed by atoms with Crippen molar-refractivity contribution in [3.8, 4) is 0 Å². The van der Waals surface area contributed by atoms with E-state index in [1.165, 1.54) is 0 Å². The van der Waals surface area contributed by atoms with Gasteiger partial charge in [-0.1, -0.05) is 18.2 Å². The summed E-state index contributed by atoms with van der Waals surface area (Å²) in [6.45, 7) is 0. The van der Waals surface area contributed by atoms with E-state index in [1.807, 2.05) is 18.2 Å². The third-order valence-electron chi connectivity index (χ3n) is 1.26. The molecule has 9 nitrogen and oxygen atoms in total. The molecule has 0 spiro atoms. The van der Waals surface area contributed by atoms with Crippen molar-refractivity contribution in [2.24, 2.45) is 10.7 Å². The summed E-state index contributed by atoms with van der Waals surface area (Å²) in [7, 11) is 0. The van der Waals surface area contributed by atoms with Gasteiger partial charge in [-0.3, -0.25) is 15.6 Å². The number of hydrogen-bond acceptors (Lipinski definition) is 3. The minimum Gasteiger partial charge on any atom is -0.368 e. The van der Waals surface area contributed by atoms with Gasteiger partial charge in [-0.25, -0.2) is 15.4 Å². The smallest absolute Gasteiger partial charge is 0.368 e. The van der Waals surface area contributed by atoms with Crippen molar-refractivity contribution < 1.29 is 20.3 Å². The van der Waals surface area contributed by atoms with E-state index in [1.54, 1.807) is 12.1 Å². The van der Waals surface area contributed by atoms with Crippen LogP contribution >= 0.6 is 0 Å². The quantitative estimate of drug-likeness (QED) is 0.208. The number of benzene rings is 1. The van der Waals surface area contributed by atoms with Crippen LogP contribution in [-0.4, -0.2) is 27.9 Å². The van der Waals surface area contributed by atoms with Crippen molar-refractivity contribution in [1.29, 1.82) is 0 Å². The highest BCUT2D eigenvalue weighted by molar-refractivity contribution is 5.81. The topological polar surface area (TPSA) is 140 Å². The lowest BCUT2D eigenvalue weighted by atomic mass is 10.3. The molecule has 0 aliphatic rings. The average Bonchev–Trinajstić information content (AvgIpc) is 2.27. The number of para-hydroxylation sites is 1. The Morgan fingerprint density at radius 2 is 1.88 bits per heavy atom. The molecule has 92 valence electrons. The van der Waals surface area contributed by atoms with E-state index >= 15 is 0 Å².